The quantitative estimate of drug-likeness (QED) is 0.233. The van der Waals surface area contributed by atoms with Gasteiger partial charge in [-0.3, -0.25) is 15.1 Å². The van der Waals surface area contributed by atoms with Crippen molar-refractivity contribution in [3.8, 4) is 11.3 Å². The van der Waals surface area contributed by atoms with Crippen molar-refractivity contribution in [3.05, 3.63) is 112 Å². The first-order chi connectivity index (χ1) is 16.0. The molecule has 0 radical (unpaired) electrons. The van der Waals surface area contributed by atoms with Crippen LogP contribution in [0.2, 0.25) is 0 Å². The number of pyridine rings is 1. The van der Waals surface area contributed by atoms with E-state index in [4.69, 9.17) is 16.6 Å². The number of nitro benzene ring substituents is 1. The minimum absolute atomic E-state index is 0.00437. The van der Waals surface area contributed by atoms with Gasteiger partial charge in [0.05, 0.1) is 22.2 Å². The number of nitrogens with zero attached hydrogens (tertiary/aromatic N) is 3. The molecule has 1 fully saturated rings. The van der Waals surface area contributed by atoms with Crippen LogP contribution in [0.5, 0.6) is 0 Å². The number of aryl methyl sites for hydroxylation is 1. The lowest BCUT2D eigenvalue weighted by Gasteiger charge is -2.26. The maximum Gasteiger partial charge on any atom is 0.280 e. The number of aromatic nitrogens is 1. The molecule has 7 nitrogen and oxygen atoms in total. The third-order valence-electron chi connectivity index (χ3n) is 5.66. The van der Waals surface area contributed by atoms with E-state index >= 15 is 0 Å². The molecule has 1 aliphatic rings. The Hall–Kier alpha value is -4.04. The Morgan fingerprint density at radius 1 is 1.06 bits per heavy atom. The van der Waals surface area contributed by atoms with Crippen LogP contribution in [0.25, 0.3) is 11.3 Å². The summed E-state index contributed by atoms with van der Waals surface area (Å²) < 4.78 is 6.25. The Morgan fingerprint density at radius 3 is 2.64 bits per heavy atom. The summed E-state index contributed by atoms with van der Waals surface area (Å²) >= 11 is 5.73. The zero-order chi connectivity index (χ0) is 22.9. The van der Waals surface area contributed by atoms with Crippen LogP contribution in [0.1, 0.15) is 29.1 Å². The van der Waals surface area contributed by atoms with E-state index in [1.165, 1.54) is 6.07 Å². The topological polar surface area (TPSA) is 84.4 Å². The standard InChI is InChI=1S/C25H20N4O3S/c1-16-7-6-8-17(15-16)28-24(23(27-25(28)33)19-10-4-5-14-26-19)22-13-12-21(32-22)18-9-2-3-11-20(18)29(30)31/h2-15,23-24H,1H3,(H,27,33)/t23-,24-/m1/s1. The number of anilines is 1. The molecule has 2 aromatic heterocycles. The number of nitrogens with one attached hydrogen (secondary N) is 1. The monoisotopic (exact) mass is 456 g/mol. The van der Waals surface area contributed by atoms with E-state index in [0.29, 0.717) is 22.2 Å². The number of benzene rings is 2. The van der Waals surface area contributed by atoms with Crippen LogP contribution in [-0.2, 0) is 0 Å². The summed E-state index contributed by atoms with van der Waals surface area (Å²) in [6.45, 7) is 2.03. The highest BCUT2D eigenvalue weighted by Gasteiger charge is 2.42. The summed E-state index contributed by atoms with van der Waals surface area (Å²) in [6, 6.07) is 23.4. The van der Waals surface area contributed by atoms with Gasteiger partial charge in [-0.1, -0.05) is 30.3 Å². The van der Waals surface area contributed by atoms with Gasteiger partial charge in [-0.25, -0.2) is 0 Å². The van der Waals surface area contributed by atoms with Crippen molar-refractivity contribution in [3.63, 3.8) is 0 Å². The van der Waals surface area contributed by atoms with Crippen LogP contribution >= 0.6 is 12.2 Å². The number of hydrogen-bond acceptors (Lipinski definition) is 5. The molecule has 164 valence electrons. The summed E-state index contributed by atoms with van der Waals surface area (Å²) in [6.07, 6.45) is 1.74. The second kappa shape index (κ2) is 8.48. The van der Waals surface area contributed by atoms with Gasteiger partial charge in [0.15, 0.2) is 5.11 Å². The van der Waals surface area contributed by atoms with Crippen LogP contribution < -0.4 is 10.2 Å². The number of para-hydroxylation sites is 1. The summed E-state index contributed by atoms with van der Waals surface area (Å²) in [7, 11) is 0. The smallest absolute Gasteiger partial charge is 0.280 e. The molecule has 1 N–H and O–H groups in total. The number of rotatable bonds is 5. The van der Waals surface area contributed by atoms with Gasteiger partial charge < -0.3 is 14.6 Å². The fourth-order valence-electron chi connectivity index (χ4n) is 4.20. The molecule has 0 amide bonds. The number of nitro groups is 1. The number of hydrogen-bond donors (Lipinski definition) is 1. The summed E-state index contributed by atoms with van der Waals surface area (Å²) in [5.41, 5.74) is 3.28. The lowest BCUT2D eigenvalue weighted by molar-refractivity contribution is -0.384. The van der Waals surface area contributed by atoms with Gasteiger partial charge in [0.25, 0.3) is 5.69 Å². The molecule has 8 heteroatoms. The van der Waals surface area contributed by atoms with Gasteiger partial charge in [-0.05, 0) is 67.2 Å². The lowest BCUT2D eigenvalue weighted by Crippen LogP contribution is -2.29. The van der Waals surface area contributed by atoms with E-state index in [-0.39, 0.29) is 17.8 Å². The molecule has 5 rings (SSSR count). The molecule has 3 heterocycles. The third-order valence-corrected chi connectivity index (χ3v) is 5.98. The van der Waals surface area contributed by atoms with Crippen molar-refractivity contribution < 1.29 is 9.34 Å². The average molecular weight is 457 g/mol. The minimum atomic E-state index is -0.403. The van der Waals surface area contributed by atoms with Crippen molar-refractivity contribution in [2.75, 3.05) is 4.90 Å². The molecule has 0 spiro atoms. The molecular weight excluding hydrogens is 436 g/mol. The zero-order valence-corrected chi connectivity index (χ0v) is 18.5. The van der Waals surface area contributed by atoms with E-state index < -0.39 is 4.92 Å². The van der Waals surface area contributed by atoms with Crippen molar-refractivity contribution in [1.29, 1.82) is 0 Å². The Kier molecular flexibility index (Phi) is 5.35. The predicted molar refractivity (Wildman–Crippen MR) is 130 cm³/mol. The van der Waals surface area contributed by atoms with Gasteiger partial charge >= 0.3 is 0 Å². The largest absolute Gasteiger partial charge is 0.459 e. The van der Waals surface area contributed by atoms with Crippen LogP contribution in [0.15, 0.2) is 89.5 Å². The second-order valence-corrected chi connectivity index (χ2v) is 8.20. The molecule has 0 saturated carbocycles. The average Bonchev–Trinajstić information content (AvgIpc) is 3.44. The van der Waals surface area contributed by atoms with Crippen molar-refractivity contribution in [1.82, 2.24) is 10.3 Å². The van der Waals surface area contributed by atoms with Crippen LogP contribution in [-0.4, -0.2) is 15.0 Å². The lowest BCUT2D eigenvalue weighted by atomic mass is 10.0. The van der Waals surface area contributed by atoms with Gasteiger partial charge in [0.2, 0.25) is 0 Å². The Labute approximate surface area is 195 Å². The normalized spacial score (nSPS) is 17.7. The highest BCUT2D eigenvalue weighted by Crippen LogP contribution is 2.43. The van der Waals surface area contributed by atoms with Gasteiger partial charge in [-0.15, -0.1) is 0 Å². The highest BCUT2D eigenvalue weighted by atomic mass is 32.1. The summed E-state index contributed by atoms with van der Waals surface area (Å²) in [5, 5.41) is 15.5. The summed E-state index contributed by atoms with van der Waals surface area (Å²) in [4.78, 5) is 17.7. The van der Waals surface area contributed by atoms with Crippen LogP contribution in [0, 0.1) is 17.0 Å². The molecule has 4 aromatic rings. The van der Waals surface area contributed by atoms with Crippen LogP contribution in [0.3, 0.4) is 0 Å². The molecule has 2 aromatic carbocycles. The fourth-order valence-corrected chi connectivity index (χ4v) is 4.54. The van der Waals surface area contributed by atoms with Gasteiger partial charge in [-0.2, -0.15) is 0 Å². The maximum atomic E-state index is 11.5. The highest BCUT2D eigenvalue weighted by molar-refractivity contribution is 7.80. The first kappa shape index (κ1) is 20.8. The first-order valence-corrected chi connectivity index (χ1v) is 10.8. The van der Waals surface area contributed by atoms with Crippen molar-refractivity contribution in [2.24, 2.45) is 0 Å². The van der Waals surface area contributed by atoms with E-state index in [9.17, 15) is 10.1 Å². The fraction of sp³-hybridized carbons (Fsp3) is 0.120. The molecule has 0 unspecified atom stereocenters. The zero-order valence-electron chi connectivity index (χ0n) is 17.7. The number of thiocarbonyl (C=S) groups is 1. The maximum absolute atomic E-state index is 11.5. The van der Waals surface area contributed by atoms with Crippen molar-refractivity contribution >= 4 is 28.7 Å². The van der Waals surface area contributed by atoms with E-state index in [1.807, 2.05) is 54.3 Å². The van der Waals surface area contributed by atoms with Crippen molar-refractivity contribution in [2.45, 2.75) is 19.0 Å². The SMILES string of the molecule is Cc1cccc(N2C(=S)N[C@H](c3ccccn3)[C@H]2c2ccc(-c3ccccc3[N+](=O)[O-])o2)c1. The van der Waals surface area contributed by atoms with E-state index in [0.717, 1.165) is 16.9 Å². The molecular formula is C25H20N4O3S. The Bertz CT molecular complexity index is 1340. The molecule has 1 aliphatic heterocycles. The van der Waals surface area contributed by atoms with Gasteiger partial charge in [0, 0.05) is 18.0 Å². The second-order valence-electron chi connectivity index (χ2n) is 7.81. The molecule has 0 bridgehead atoms. The number of furan rings is 1. The molecule has 1 saturated heterocycles. The van der Waals surface area contributed by atoms with Crippen LogP contribution in [0.4, 0.5) is 11.4 Å². The minimum Gasteiger partial charge on any atom is -0.459 e. The first-order valence-electron chi connectivity index (χ1n) is 10.4. The van der Waals surface area contributed by atoms with E-state index in [2.05, 4.69) is 16.4 Å². The van der Waals surface area contributed by atoms with Gasteiger partial charge in [0.1, 0.15) is 17.6 Å². The molecule has 2 atom stereocenters. The van der Waals surface area contributed by atoms with E-state index in [1.54, 1.807) is 30.5 Å². The predicted octanol–water partition coefficient (Wildman–Crippen LogP) is 5.74. The Balaban J connectivity index is 1.62. The third kappa shape index (κ3) is 3.85. The molecule has 0 aliphatic carbocycles. The Morgan fingerprint density at radius 2 is 1.88 bits per heavy atom. The summed E-state index contributed by atoms with van der Waals surface area (Å²) in [5.74, 6) is 1.06. The molecule has 33 heavy (non-hydrogen) atoms.